The Hall–Kier alpha value is -1.09. The van der Waals surface area contributed by atoms with Gasteiger partial charge in [0.05, 0.1) is 10.6 Å². The van der Waals surface area contributed by atoms with Crippen molar-refractivity contribution in [3.8, 4) is 0 Å². The molecule has 1 aromatic rings. The van der Waals surface area contributed by atoms with Gasteiger partial charge in [-0.25, -0.2) is 0 Å². The summed E-state index contributed by atoms with van der Waals surface area (Å²) in [5.74, 6) is 0.792. The number of hydrogen-bond acceptors (Lipinski definition) is 2. The lowest BCUT2D eigenvalue weighted by Gasteiger charge is -2.31. The van der Waals surface area contributed by atoms with Gasteiger partial charge in [0.25, 0.3) is 5.91 Å². The average Bonchev–Trinajstić information content (AvgIpc) is 2.82. The van der Waals surface area contributed by atoms with Crippen LogP contribution in [0.25, 0.3) is 0 Å². The van der Waals surface area contributed by atoms with Crippen molar-refractivity contribution in [1.82, 2.24) is 9.88 Å². The van der Waals surface area contributed by atoms with Crippen LogP contribution in [-0.4, -0.2) is 28.4 Å². The Morgan fingerprint density at radius 3 is 3.00 bits per heavy atom. The van der Waals surface area contributed by atoms with Gasteiger partial charge in [-0.1, -0.05) is 24.4 Å². The second-order valence-electron chi connectivity index (χ2n) is 5.25. The van der Waals surface area contributed by atoms with Crippen LogP contribution in [0.3, 0.4) is 0 Å². The molecule has 0 N–H and O–H groups in total. The van der Waals surface area contributed by atoms with Crippen LogP contribution in [-0.2, 0) is 0 Å². The maximum Gasteiger partial charge on any atom is 0.255 e. The van der Waals surface area contributed by atoms with E-state index in [0.29, 0.717) is 22.5 Å². The van der Waals surface area contributed by atoms with Gasteiger partial charge < -0.3 is 4.90 Å². The van der Waals surface area contributed by atoms with E-state index in [2.05, 4.69) is 4.98 Å². The van der Waals surface area contributed by atoms with E-state index >= 15 is 0 Å². The minimum absolute atomic E-state index is 0.0804. The summed E-state index contributed by atoms with van der Waals surface area (Å²) in [4.78, 5) is 18.5. The van der Waals surface area contributed by atoms with Crippen molar-refractivity contribution < 1.29 is 4.79 Å². The summed E-state index contributed by atoms with van der Waals surface area (Å²) in [6, 6.07) is 2.16. The second-order valence-corrected chi connectivity index (χ2v) is 5.66. The van der Waals surface area contributed by atoms with E-state index in [9.17, 15) is 4.79 Å². The highest BCUT2D eigenvalue weighted by atomic mass is 35.5. The van der Waals surface area contributed by atoms with E-state index in [-0.39, 0.29) is 5.91 Å². The molecule has 0 radical (unpaired) electrons. The lowest BCUT2D eigenvalue weighted by atomic mass is 9.85. The largest absolute Gasteiger partial charge is 0.335 e. The Bertz CT molecular complexity index is 463. The fourth-order valence-corrected chi connectivity index (χ4v) is 3.56. The van der Waals surface area contributed by atoms with Crippen molar-refractivity contribution in [2.45, 2.75) is 38.1 Å². The number of rotatable bonds is 1. The summed E-state index contributed by atoms with van der Waals surface area (Å²) in [5, 5.41) is 0.460. The number of pyridine rings is 1. The molecule has 18 heavy (non-hydrogen) atoms. The Labute approximate surface area is 112 Å². The third-order valence-corrected chi connectivity index (χ3v) is 4.57. The van der Waals surface area contributed by atoms with Gasteiger partial charge in [0, 0.05) is 25.0 Å². The van der Waals surface area contributed by atoms with Gasteiger partial charge >= 0.3 is 0 Å². The highest BCUT2D eigenvalue weighted by Crippen LogP contribution is 2.37. The fourth-order valence-electron chi connectivity index (χ4n) is 3.36. The van der Waals surface area contributed by atoms with Crippen molar-refractivity contribution in [3.05, 3.63) is 29.0 Å². The normalized spacial score (nSPS) is 27.1. The number of aromatic nitrogens is 1. The standard InChI is InChI=1S/C14H17ClN2O/c15-12-9-16-7-5-11(12)14(18)17-8-6-10-3-1-2-4-13(10)17/h5,7,9-10,13H,1-4,6,8H2. The van der Waals surface area contributed by atoms with Crippen LogP contribution >= 0.6 is 11.6 Å². The highest BCUT2D eigenvalue weighted by molar-refractivity contribution is 6.33. The minimum Gasteiger partial charge on any atom is -0.335 e. The van der Waals surface area contributed by atoms with E-state index in [1.54, 1.807) is 18.5 Å². The van der Waals surface area contributed by atoms with Crippen LogP contribution in [0.15, 0.2) is 18.5 Å². The van der Waals surface area contributed by atoms with E-state index in [0.717, 1.165) is 19.4 Å². The number of carbonyl (C=O) groups excluding carboxylic acids is 1. The summed E-state index contributed by atoms with van der Waals surface area (Å²) in [6.07, 6.45) is 9.32. The number of carbonyl (C=O) groups is 1. The molecule has 1 aliphatic carbocycles. The molecule has 4 heteroatoms. The molecule has 1 saturated carbocycles. The molecule has 0 aromatic carbocycles. The molecular formula is C14H17ClN2O. The molecule has 0 spiro atoms. The first-order valence-electron chi connectivity index (χ1n) is 6.68. The quantitative estimate of drug-likeness (QED) is 0.781. The second kappa shape index (κ2) is 4.88. The molecule has 0 bridgehead atoms. The van der Waals surface area contributed by atoms with Crippen molar-refractivity contribution in [1.29, 1.82) is 0 Å². The molecule has 1 aromatic heterocycles. The van der Waals surface area contributed by atoms with Crippen LogP contribution < -0.4 is 0 Å². The van der Waals surface area contributed by atoms with Gasteiger partial charge in [0.15, 0.2) is 0 Å². The first-order valence-corrected chi connectivity index (χ1v) is 7.05. The van der Waals surface area contributed by atoms with Crippen LogP contribution in [0.4, 0.5) is 0 Å². The zero-order chi connectivity index (χ0) is 12.5. The monoisotopic (exact) mass is 264 g/mol. The molecule has 1 aliphatic heterocycles. The molecule has 3 rings (SSSR count). The topological polar surface area (TPSA) is 33.2 Å². The molecule has 1 amide bonds. The number of nitrogens with zero attached hydrogens (tertiary/aromatic N) is 2. The predicted octanol–water partition coefficient (Wildman–Crippen LogP) is 3.14. The summed E-state index contributed by atoms with van der Waals surface area (Å²) < 4.78 is 0. The zero-order valence-corrected chi connectivity index (χ0v) is 11.1. The summed E-state index contributed by atoms with van der Waals surface area (Å²) in [7, 11) is 0. The third kappa shape index (κ3) is 2.01. The molecule has 96 valence electrons. The molecule has 2 heterocycles. The fraction of sp³-hybridized carbons (Fsp3) is 0.571. The average molecular weight is 265 g/mol. The van der Waals surface area contributed by atoms with Gasteiger partial charge in [-0.2, -0.15) is 0 Å². The van der Waals surface area contributed by atoms with Gasteiger partial charge in [-0.15, -0.1) is 0 Å². The van der Waals surface area contributed by atoms with E-state index in [4.69, 9.17) is 11.6 Å². The maximum atomic E-state index is 12.5. The van der Waals surface area contributed by atoms with Gasteiger partial charge in [0.2, 0.25) is 0 Å². The van der Waals surface area contributed by atoms with Crippen LogP contribution in [0, 0.1) is 5.92 Å². The van der Waals surface area contributed by atoms with Crippen LogP contribution in [0.2, 0.25) is 5.02 Å². The summed E-state index contributed by atoms with van der Waals surface area (Å²) >= 11 is 6.06. The predicted molar refractivity (Wildman–Crippen MR) is 70.6 cm³/mol. The molecule has 3 nitrogen and oxygen atoms in total. The van der Waals surface area contributed by atoms with E-state index in [1.807, 2.05) is 4.90 Å². The number of fused-ring (bicyclic) bond motifs is 1. The molecular weight excluding hydrogens is 248 g/mol. The van der Waals surface area contributed by atoms with E-state index < -0.39 is 0 Å². The number of likely N-dealkylation sites (tertiary alicyclic amines) is 1. The number of amides is 1. The summed E-state index contributed by atoms with van der Waals surface area (Å²) in [5.41, 5.74) is 0.595. The highest BCUT2D eigenvalue weighted by Gasteiger charge is 2.38. The lowest BCUT2D eigenvalue weighted by molar-refractivity contribution is 0.0690. The Balaban J connectivity index is 1.83. The van der Waals surface area contributed by atoms with Gasteiger partial charge in [-0.3, -0.25) is 9.78 Å². The molecule has 2 unspecified atom stereocenters. The molecule has 1 saturated heterocycles. The van der Waals surface area contributed by atoms with Crippen molar-refractivity contribution in [3.63, 3.8) is 0 Å². The van der Waals surface area contributed by atoms with Crippen molar-refractivity contribution >= 4 is 17.5 Å². The molecule has 2 aliphatic rings. The first-order chi connectivity index (χ1) is 8.77. The molecule has 2 fully saturated rings. The van der Waals surface area contributed by atoms with Gasteiger partial charge in [0.1, 0.15) is 0 Å². The van der Waals surface area contributed by atoms with Gasteiger partial charge in [-0.05, 0) is 31.2 Å². The Morgan fingerprint density at radius 1 is 1.33 bits per heavy atom. The molecule has 2 atom stereocenters. The zero-order valence-electron chi connectivity index (χ0n) is 10.3. The first kappa shape index (κ1) is 12.0. The van der Waals surface area contributed by atoms with Crippen molar-refractivity contribution in [2.75, 3.05) is 6.54 Å². The number of hydrogen-bond donors (Lipinski definition) is 0. The van der Waals surface area contributed by atoms with E-state index in [1.165, 1.54) is 19.3 Å². The lowest BCUT2D eigenvalue weighted by Crippen LogP contribution is -2.39. The van der Waals surface area contributed by atoms with Crippen LogP contribution in [0.1, 0.15) is 42.5 Å². The van der Waals surface area contributed by atoms with Crippen molar-refractivity contribution in [2.24, 2.45) is 5.92 Å². The smallest absolute Gasteiger partial charge is 0.255 e. The van der Waals surface area contributed by atoms with Crippen LogP contribution in [0.5, 0.6) is 0 Å². The third-order valence-electron chi connectivity index (χ3n) is 4.27. The minimum atomic E-state index is 0.0804. The SMILES string of the molecule is O=C(c1ccncc1Cl)N1CCC2CCCCC21. The Kier molecular flexibility index (Phi) is 3.25. The maximum absolute atomic E-state index is 12.5. The summed E-state index contributed by atoms with van der Waals surface area (Å²) in [6.45, 7) is 0.882. The number of halogens is 1. The Morgan fingerprint density at radius 2 is 2.17 bits per heavy atom.